The van der Waals surface area contributed by atoms with Crippen molar-refractivity contribution in [3.63, 3.8) is 0 Å². The Labute approximate surface area is 90.5 Å². The zero-order valence-corrected chi connectivity index (χ0v) is 8.84. The molecule has 2 heteroatoms. The molecule has 1 aliphatic heterocycles. The van der Waals surface area contributed by atoms with E-state index in [1.807, 2.05) is 43.5 Å². The van der Waals surface area contributed by atoms with E-state index < -0.39 is 0 Å². The SMILES string of the molecule is CCO[C@@H]1C=CC=CN1c1ccccc1. The Morgan fingerprint density at radius 3 is 2.73 bits per heavy atom. The zero-order valence-electron chi connectivity index (χ0n) is 8.84. The van der Waals surface area contributed by atoms with Crippen LogP contribution in [0.2, 0.25) is 0 Å². The smallest absolute Gasteiger partial charge is 0.153 e. The molecule has 0 bridgehead atoms. The highest BCUT2D eigenvalue weighted by atomic mass is 16.5. The molecule has 1 aromatic carbocycles. The van der Waals surface area contributed by atoms with E-state index in [1.54, 1.807) is 0 Å². The fraction of sp³-hybridized carbons (Fsp3) is 0.231. The molecule has 78 valence electrons. The van der Waals surface area contributed by atoms with Crippen LogP contribution < -0.4 is 4.90 Å². The van der Waals surface area contributed by atoms with Crippen molar-refractivity contribution in [2.24, 2.45) is 0 Å². The third kappa shape index (κ3) is 2.28. The van der Waals surface area contributed by atoms with Gasteiger partial charge in [-0.1, -0.05) is 24.3 Å². The largest absolute Gasteiger partial charge is 0.355 e. The minimum absolute atomic E-state index is 0.0161. The van der Waals surface area contributed by atoms with Gasteiger partial charge in [-0.15, -0.1) is 0 Å². The van der Waals surface area contributed by atoms with Crippen molar-refractivity contribution in [3.8, 4) is 0 Å². The van der Waals surface area contributed by atoms with Gasteiger partial charge in [0.1, 0.15) is 0 Å². The standard InChI is InChI=1S/C13H15NO/c1-2-15-13-10-6-7-11-14(13)12-8-4-3-5-9-12/h3-11,13H,2H2,1H3/t13-/m1/s1. The summed E-state index contributed by atoms with van der Waals surface area (Å²) in [5.41, 5.74) is 1.15. The highest BCUT2D eigenvalue weighted by Gasteiger charge is 2.15. The second-order valence-electron chi connectivity index (χ2n) is 3.32. The molecule has 0 spiro atoms. The van der Waals surface area contributed by atoms with Crippen LogP contribution in [-0.4, -0.2) is 12.8 Å². The van der Waals surface area contributed by atoms with Crippen molar-refractivity contribution in [1.82, 2.24) is 0 Å². The maximum absolute atomic E-state index is 5.64. The molecule has 0 amide bonds. The number of ether oxygens (including phenoxy) is 1. The molecule has 1 aromatic rings. The zero-order chi connectivity index (χ0) is 10.5. The first-order valence-corrected chi connectivity index (χ1v) is 5.22. The monoisotopic (exact) mass is 201 g/mol. The van der Waals surface area contributed by atoms with Crippen LogP contribution in [0.25, 0.3) is 0 Å². The lowest BCUT2D eigenvalue weighted by Gasteiger charge is -2.29. The maximum Gasteiger partial charge on any atom is 0.153 e. The summed E-state index contributed by atoms with van der Waals surface area (Å²) in [6.07, 6.45) is 8.14. The van der Waals surface area contributed by atoms with Crippen molar-refractivity contribution in [1.29, 1.82) is 0 Å². The molecular weight excluding hydrogens is 186 g/mol. The molecule has 0 unspecified atom stereocenters. The number of nitrogens with zero attached hydrogens (tertiary/aromatic N) is 1. The average molecular weight is 201 g/mol. The lowest BCUT2D eigenvalue weighted by Crippen LogP contribution is -2.32. The number of benzene rings is 1. The normalized spacial score (nSPS) is 19.5. The summed E-state index contributed by atoms with van der Waals surface area (Å²) in [5.74, 6) is 0. The molecule has 0 saturated carbocycles. The summed E-state index contributed by atoms with van der Waals surface area (Å²) >= 11 is 0. The maximum atomic E-state index is 5.64. The van der Waals surface area contributed by atoms with Gasteiger partial charge in [-0.05, 0) is 31.2 Å². The summed E-state index contributed by atoms with van der Waals surface area (Å²) in [4.78, 5) is 2.11. The Bertz CT molecular complexity index is 356. The van der Waals surface area contributed by atoms with Crippen molar-refractivity contribution >= 4 is 5.69 Å². The fourth-order valence-corrected chi connectivity index (χ4v) is 1.62. The van der Waals surface area contributed by atoms with Crippen LogP contribution in [0.5, 0.6) is 0 Å². The first-order chi connectivity index (χ1) is 7.42. The van der Waals surface area contributed by atoms with E-state index in [0.29, 0.717) is 6.61 Å². The average Bonchev–Trinajstić information content (AvgIpc) is 2.31. The third-order valence-corrected chi connectivity index (χ3v) is 2.30. The topological polar surface area (TPSA) is 12.5 Å². The Morgan fingerprint density at radius 1 is 1.20 bits per heavy atom. The highest BCUT2D eigenvalue weighted by molar-refractivity contribution is 5.52. The molecule has 0 radical (unpaired) electrons. The van der Waals surface area contributed by atoms with Gasteiger partial charge in [0.15, 0.2) is 6.23 Å². The molecule has 15 heavy (non-hydrogen) atoms. The van der Waals surface area contributed by atoms with Crippen molar-refractivity contribution in [3.05, 3.63) is 54.8 Å². The minimum atomic E-state index is 0.0161. The van der Waals surface area contributed by atoms with Gasteiger partial charge in [-0.2, -0.15) is 0 Å². The number of anilines is 1. The van der Waals surface area contributed by atoms with Crippen molar-refractivity contribution in [2.45, 2.75) is 13.2 Å². The van der Waals surface area contributed by atoms with E-state index in [0.717, 1.165) is 5.69 Å². The highest BCUT2D eigenvalue weighted by Crippen LogP contribution is 2.20. The summed E-state index contributed by atoms with van der Waals surface area (Å²) in [6, 6.07) is 10.2. The number of hydrogen-bond acceptors (Lipinski definition) is 2. The second kappa shape index (κ2) is 4.80. The molecule has 0 fully saturated rings. The van der Waals surface area contributed by atoms with Crippen LogP contribution in [0, 0.1) is 0 Å². The van der Waals surface area contributed by atoms with E-state index in [4.69, 9.17) is 4.74 Å². The lowest BCUT2D eigenvalue weighted by atomic mass is 10.2. The molecule has 2 rings (SSSR count). The lowest BCUT2D eigenvalue weighted by molar-refractivity contribution is 0.0991. The van der Waals surface area contributed by atoms with E-state index in [9.17, 15) is 0 Å². The van der Waals surface area contributed by atoms with Crippen LogP contribution in [0.4, 0.5) is 5.69 Å². The number of hydrogen-bond donors (Lipinski definition) is 0. The summed E-state index contributed by atoms with van der Waals surface area (Å²) < 4.78 is 5.64. The van der Waals surface area contributed by atoms with Gasteiger partial charge in [0.25, 0.3) is 0 Å². The van der Waals surface area contributed by atoms with E-state index in [2.05, 4.69) is 23.1 Å². The first-order valence-electron chi connectivity index (χ1n) is 5.22. The summed E-state index contributed by atoms with van der Waals surface area (Å²) in [5, 5.41) is 0. The van der Waals surface area contributed by atoms with Crippen LogP contribution in [0.3, 0.4) is 0 Å². The number of allylic oxidation sites excluding steroid dienone is 2. The van der Waals surface area contributed by atoms with Gasteiger partial charge in [-0.25, -0.2) is 0 Å². The summed E-state index contributed by atoms with van der Waals surface area (Å²) in [7, 11) is 0. The van der Waals surface area contributed by atoms with Gasteiger partial charge in [0.05, 0.1) is 0 Å². The predicted octanol–water partition coefficient (Wildman–Crippen LogP) is 2.94. The molecular formula is C13H15NO. The Balaban J connectivity index is 2.20. The fourth-order valence-electron chi connectivity index (χ4n) is 1.62. The van der Waals surface area contributed by atoms with E-state index >= 15 is 0 Å². The molecule has 1 heterocycles. The van der Waals surface area contributed by atoms with Gasteiger partial charge in [-0.3, -0.25) is 0 Å². The Kier molecular flexibility index (Phi) is 3.20. The molecule has 0 saturated heterocycles. The second-order valence-corrected chi connectivity index (χ2v) is 3.32. The van der Waals surface area contributed by atoms with Crippen LogP contribution >= 0.6 is 0 Å². The number of rotatable bonds is 3. The van der Waals surface area contributed by atoms with E-state index in [-0.39, 0.29) is 6.23 Å². The quantitative estimate of drug-likeness (QED) is 0.745. The van der Waals surface area contributed by atoms with Crippen molar-refractivity contribution in [2.75, 3.05) is 11.5 Å². The molecule has 0 aromatic heterocycles. The van der Waals surface area contributed by atoms with Crippen LogP contribution in [-0.2, 0) is 4.74 Å². The molecule has 0 N–H and O–H groups in total. The third-order valence-electron chi connectivity index (χ3n) is 2.30. The molecule has 0 aliphatic carbocycles. The Morgan fingerprint density at radius 2 is 2.00 bits per heavy atom. The van der Waals surface area contributed by atoms with Gasteiger partial charge < -0.3 is 9.64 Å². The van der Waals surface area contributed by atoms with E-state index in [1.165, 1.54) is 0 Å². The van der Waals surface area contributed by atoms with Gasteiger partial charge >= 0.3 is 0 Å². The van der Waals surface area contributed by atoms with Gasteiger partial charge in [0.2, 0.25) is 0 Å². The molecule has 1 atom stereocenters. The van der Waals surface area contributed by atoms with Crippen LogP contribution in [0.1, 0.15) is 6.92 Å². The molecule has 1 aliphatic rings. The first kappa shape index (κ1) is 9.99. The molecule has 2 nitrogen and oxygen atoms in total. The number of para-hydroxylation sites is 1. The summed E-state index contributed by atoms with van der Waals surface area (Å²) in [6.45, 7) is 2.72. The van der Waals surface area contributed by atoms with Crippen LogP contribution in [0.15, 0.2) is 54.8 Å². The Hall–Kier alpha value is -1.54. The predicted molar refractivity (Wildman–Crippen MR) is 62.6 cm³/mol. The van der Waals surface area contributed by atoms with Gasteiger partial charge in [0, 0.05) is 18.5 Å². The minimum Gasteiger partial charge on any atom is -0.355 e. The van der Waals surface area contributed by atoms with Crippen molar-refractivity contribution < 1.29 is 4.74 Å².